The Morgan fingerprint density at radius 2 is 2.20 bits per heavy atom. The van der Waals surface area contributed by atoms with Gasteiger partial charge in [0.05, 0.1) is 15.2 Å². The van der Waals surface area contributed by atoms with Gasteiger partial charge in [-0.05, 0) is 76.1 Å². The van der Waals surface area contributed by atoms with Gasteiger partial charge in [0.2, 0.25) is 0 Å². The van der Waals surface area contributed by atoms with Crippen LogP contribution in [0.3, 0.4) is 0 Å². The van der Waals surface area contributed by atoms with Crippen molar-refractivity contribution >= 4 is 50.5 Å². The predicted molar refractivity (Wildman–Crippen MR) is 90.3 cm³/mol. The lowest BCUT2D eigenvalue weighted by Gasteiger charge is -2.09. The number of rotatable bonds is 4. The van der Waals surface area contributed by atoms with Gasteiger partial charge < -0.3 is 10.1 Å². The Labute approximate surface area is 140 Å². The molecule has 1 N–H and O–H groups in total. The molecule has 0 aromatic heterocycles. The van der Waals surface area contributed by atoms with Crippen LogP contribution in [0.15, 0.2) is 22.2 Å². The third-order valence-corrected chi connectivity index (χ3v) is 3.71. The number of nitrogens with zero attached hydrogens (tertiary/aromatic N) is 1. The van der Waals surface area contributed by atoms with Gasteiger partial charge in [-0.15, -0.1) is 0 Å². The molecule has 0 aliphatic rings. The Bertz CT molecular complexity index is 568. The molecular weight excluding hydrogens is 435 g/mol. The van der Waals surface area contributed by atoms with E-state index >= 15 is 0 Å². The summed E-state index contributed by atoms with van der Waals surface area (Å²) < 4.78 is 6.92. The summed E-state index contributed by atoms with van der Waals surface area (Å²) in [6.07, 6.45) is 1.56. The highest BCUT2D eigenvalue weighted by atomic mass is 127. The molecule has 0 bridgehead atoms. The summed E-state index contributed by atoms with van der Waals surface area (Å²) in [7, 11) is 1.59. The van der Waals surface area contributed by atoms with Gasteiger partial charge in [0.15, 0.2) is 0 Å². The summed E-state index contributed by atoms with van der Waals surface area (Å²) in [6, 6.07) is 5.57. The number of halogens is 2. The summed E-state index contributed by atoms with van der Waals surface area (Å²) in [5, 5.41) is 11.8. The maximum atomic E-state index is 11.8. The number of hydrogen-bond donors (Lipinski definition) is 1. The third-order valence-electron chi connectivity index (χ3n) is 2.32. The monoisotopic (exact) mass is 448 g/mol. The number of benzene rings is 1. The van der Waals surface area contributed by atoms with Crippen molar-refractivity contribution in [1.82, 2.24) is 5.32 Å². The molecule has 0 atom stereocenters. The van der Waals surface area contributed by atoms with Crippen molar-refractivity contribution in [2.45, 2.75) is 19.9 Å². The summed E-state index contributed by atoms with van der Waals surface area (Å²) in [5.74, 6) is 0.359. The zero-order valence-corrected chi connectivity index (χ0v) is 15.1. The van der Waals surface area contributed by atoms with Crippen LogP contribution in [0.1, 0.15) is 19.4 Å². The Hall–Kier alpha value is -1.07. The van der Waals surface area contributed by atoms with Crippen LogP contribution < -0.4 is 10.1 Å². The maximum Gasteiger partial charge on any atom is 0.262 e. The number of ether oxygens (including phenoxy) is 1. The van der Waals surface area contributed by atoms with Crippen LogP contribution in [0.5, 0.6) is 5.75 Å². The molecule has 0 saturated carbocycles. The quantitative estimate of drug-likeness (QED) is 0.435. The topological polar surface area (TPSA) is 62.1 Å². The van der Waals surface area contributed by atoms with E-state index in [-0.39, 0.29) is 17.5 Å². The smallest absolute Gasteiger partial charge is 0.262 e. The zero-order chi connectivity index (χ0) is 15.3. The predicted octanol–water partition coefficient (Wildman–Crippen LogP) is 3.49. The third kappa shape index (κ3) is 4.49. The van der Waals surface area contributed by atoms with E-state index in [1.54, 1.807) is 19.3 Å². The Morgan fingerprint density at radius 3 is 2.65 bits per heavy atom. The minimum absolute atomic E-state index is 0.0120. The highest BCUT2D eigenvalue weighted by Gasteiger charge is 2.12. The molecule has 20 heavy (non-hydrogen) atoms. The van der Waals surface area contributed by atoms with Crippen molar-refractivity contribution in [3.8, 4) is 11.8 Å². The van der Waals surface area contributed by atoms with E-state index in [2.05, 4.69) is 43.8 Å². The van der Waals surface area contributed by atoms with E-state index in [4.69, 9.17) is 10.00 Å². The molecule has 6 heteroatoms. The van der Waals surface area contributed by atoms with Crippen molar-refractivity contribution in [2.24, 2.45) is 0 Å². The first-order chi connectivity index (χ1) is 9.38. The van der Waals surface area contributed by atoms with Crippen LogP contribution in [0, 0.1) is 14.9 Å². The lowest BCUT2D eigenvalue weighted by atomic mass is 10.1. The number of nitriles is 1. The number of hydrogen-bond acceptors (Lipinski definition) is 3. The molecular formula is C14H14BrIN2O2. The number of methoxy groups -OCH3 is 1. The molecule has 0 aliphatic heterocycles. The molecule has 1 aromatic carbocycles. The van der Waals surface area contributed by atoms with E-state index in [0.717, 1.165) is 19.4 Å². The van der Waals surface area contributed by atoms with Gasteiger partial charge in [0.1, 0.15) is 17.4 Å². The Kier molecular flexibility index (Phi) is 6.49. The van der Waals surface area contributed by atoms with Gasteiger partial charge in [-0.25, -0.2) is 0 Å². The van der Waals surface area contributed by atoms with E-state index in [0.29, 0.717) is 0 Å². The largest absolute Gasteiger partial charge is 0.494 e. The minimum Gasteiger partial charge on any atom is -0.494 e. The SMILES string of the molecule is COc1c(Br)cc(/C=C(/C#N)C(=O)NC(C)C)cc1I. The van der Waals surface area contributed by atoms with Crippen molar-refractivity contribution in [3.63, 3.8) is 0 Å². The molecule has 0 radical (unpaired) electrons. The van der Waals surface area contributed by atoms with Crippen LogP contribution in [-0.2, 0) is 4.79 Å². The van der Waals surface area contributed by atoms with Crippen LogP contribution in [0.2, 0.25) is 0 Å². The number of carbonyl (C=O) groups is 1. The van der Waals surface area contributed by atoms with Crippen molar-refractivity contribution < 1.29 is 9.53 Å². The van der Waals surface area contributed by atoms with E-state index in [1.165, 1.54) is 0 Å². The first-order valence-corrected chi connectivity index (χ1v) is 7.72. The van der Waals surface area contributed by atoms with Crippen molar-refractivity contribution in [1.29, 1.82) is 5.26 Å². The van der Waals surface area contributed by atoms with E-state index in [1.807, 2.05) is 26.0 Å². The Morgan fingerprint density at radius 1 is 1.55 bits per heavy atom. The fourth-order valence-corrected chi connectivity index (χ4v) is 3.39. The van der Waals surface area contributed by atoms with Crippen LogP contribution in [0.4, 0.5) is 0 Å². The molecule has 0 aliphatic carbocycles. The van der Waals surface area contributed by atoms with Crippen molar-refractivity contribution in [3.05, 3.63) is 31.3 Å². The van der Waals surface area contributed by atoms with Gasteiger partial charge in [-0.1, -0.05) is 0 Å². The first kappa shape index (κ1) is 17.0. The van der Waals surface area contributed by atoms with Gasteiger partial charge >= 0.3 is 0 Å². The molecule has 1 aromatic rings. The summed E-state index contributed by atoms with van der Waals surface area (Å²) in [4.78, 5) is 11.8. The minimum atomic E-state index is -0.371. The highest BCUT2D eigenvalue weighted by molar-refractivity contribution is 14.1. The second-order valence-corrected chi connectivity index (χ2v) is 6.33. The van der Waals surface area contributed by atoms with E-state index in [9.17, 15) is 4.79 Å². The van der Waals surface area contributed by atoms with Gasteiger partial charge in [0, 0.05) is 6.04 Å². The normalized spacial score (nSPS) is 11.2. The molecule has 0 saturated heterocycles. The van der Waals surface area contributed by atoms with Crippen LogP contribution in [0.25, 0.3) is 6.08 Å². The van der Waals surface area contributed by atoms with Gasteiger partial charge in [-0.3, -0.25) is 4.79 Å². The lowest BCUT2D eigenvalue weighted by molar-refractivity contribution is -0.117. The lowest BCUT2D eigenvalue weighted by Crippen LogP contribution is -2.30. The number of nitrogens with one attached hydrogen (secondary N) is 1. The highest BCUT2D eigenvalue weighted by Crippen LogP contribution is 2.32. The second kappa shape index (κ2) is 7.64. The standard InChI is InChI=1S/C14H14BrIN2O2/c1-8(2)18-14(19)10(7-17)4-9-5-11(15)13(20-3)12(16)6-9/h4-6,8H,1-3H3,(H,18,19)/b10-4-. The number of amides is 1. The second-order valence-electron chi connectivity index (χ2n) is 4.32. The molecule has 1 amide bonds. The molecule has 106 valence electrons. The molecule has 0 fully saturated rings. The molecule has 4 nitrogen and oxygen atoms in total. The molecule has 1 rings (SSSR count). The van der Waals surface area contributed by atoms with Crippen molar-refractivity contribution in [2.75, 3.05) is 7.11 Å². The number of carbonyl (C=O) groups excluding carboxylic acids is 1. The van der Waals surface area contributed by atoms with Gasteiger partial charge in [-0.2, -0.15) is 5.26 Å². The first-order valence-electron chi connectivity index (χ1n) is 5.84. The maximum absolute atomic E-state index is 11.8. The van der Waals surface area contributed by atoms with Crippen LogP contribution in [-0.4, -0.2) is 19.1 Å². The average Bonchev–Trinajstić information content (AvgIpc) is 2.34. The van der Waals surface area contributed by atoms with E-state index < -0.39 is 0 Å². The fraction of sp³-hybridized carbons (Fsp3) is 0.286. The summed E-state index contributed by atoms with van der Waals surface area (Å²) in [5.41, 5.74) is 0.837. The Balaban J connectivity index is 3.15. The summed E-state index contributed by atoms with van der Waals surface area (Å²) >= 11 is 5.54. The zero-order valence-electron chi connectivity index (χ0n) is 11.3. The van der Waals surface area contributed by atoms with Crippen LogP contribution >= 0.6 is 38.5 Å². The van der Waals surface area contributed by atoms with Gasteiger partial charge in [0.25, 0.3) is 5.91 Å². The molecule has 0 unspecified atom stereocenters. The molecule has 0 spiro atoms. The summed E-state index contributed by atoms with van der Waals surface area (Å²) in [6.45, 7) is 3.69. The fourth-order valence-electron chi connectivity index (χ4n) is 1.51. The average molecular weight is 449 g/mol. The molecule has 0 heterocycles.